The average molecular weight is 227 g/mol. The van der Waals surface area contributed by atoms with E-state index < -0.39 is 11.4 Å². The van der Waals surface area contributed by atoms with Crippen LogP contribution < -0.4 is 0 Å². The van der Waals surface area contributed by atoms with Crippen LogP contribution in [0.1, 0.15) is 46.5 Å². The molecule has 1 atom stereocenters. The lowest BCUT2D eigenvalue weighted by Gasteiger charge is -2.18. The molecule has 1 unspecified atom stereocenters. The standard InChI is InChI=1S/C12H21NOS/c1-12(2,3)15(14)13-8-11(9-4-5-9)10-6-7-10/h8-11H,4-7H2,1-3H3. The molecule has 0 aromatic carbocycles. The summed E-state index contributed by atoms with van der Waals surface area (Å²) in [4.78, 5) is 0. The molecule has 86 valence electrons. The van der Waals surface area contributed by atoms with Gasteiger partial charge < -0.3 is 4.55 Å². The average Bonchev–Trinajstić information content (AvgIpc) is 2.98. The van der Waals surface area contributed by atoms with Crippen molar-refractivity contribution in [2.75, 3.05) is 0 Å². The maximum Gasteiger partial charge on any atom is 0.144 e. The van der Waals surface area contributed by atoms with E-state index in [1.807, 2.05) is 27.0 Å². The van der Waals surface area contributed by atoms with Gasteiger partial charge in [0.15, 0.2) is 0 Å². The Morgan fingerprint density at radius 3 is 2.00 bits per heavy atom. The molecule has 2 rings (SSSR count). The Morgan fingerprint density at radius 2 is 1.67 bits per heavy atom. The van der Waals surface area contributed by atoms with Gasteiger partial charge in [-0.1, -0.05) is 4.40 Å². The van der Waals surface area contributed by atoms with Crippen LogP contribution in [0, 0.1) is 17.8 Å². The second kappa shape index (κ2) is 4.10. The van der Waals surface area contributed by atoms with E-state index in [0.717, 1.165) is 11.8 Å². The predicted octanol–water partition coefficient (Wildman–Crippen LogP) is 2.96. The van der Waals surface area contributed by atoms with Crippen LogP contribution in [0.15, 0.2) is 4.40 Å². The van der Waals surface area contributed by atoms with Crippen LogP contribution in [-0.4, -0.2) is 15.5 Å². The van der Waals surface area contributed by atoms with Crippen LogP contribution in [0.3, 0.4) is 0 Å². The zero-order valence-corrected chi connectivity index (χ0v) is 10.7. The lowest BCUT2D eigenvalue weighted by atomic mass is 10.00. The van der Waals surface area contributed by atoms with Crippen LogP contribution in [-0.2, 0) is 11.4 Å². The summed E-state index contributed by atoms with van der Waals surface area (Å²) in [5.41, 5.74) is 0. The van der Waals surface area contributed by atoms with Gasteiger partial charge in [-0.2, -0.15) is 0 Å². The van der Waals surface area contributed by atoms with Gasteiger partial charge in [-0.25, -0.2) is 0 Å². The van der Waals surface area contributed by atoms with Crippen LogP contribution in [0.4, 0.5) is 0 Å². The summed E-state index contributed by atoms with van der Waals surface area (Å²) in [6, 6.07) is 0. The highest BCUT2D eigenvalue weighted by Crippen LogP contribution is 2.48. The minimum Gasteiger partial charge on any atom is -0.591 e. The third-order valence-corrected chi connectivity index (χ3v) is 4.55. The maximum absolute atomic E-state index is 11.8. The molecule has 0 radical (unpaired) electrons. The van der Waals surface area contributed by atoms with Crippen molar-refractivity contribution in [3.8, 4) is 0 Å². The highest BCUT2D eigenvalue weighted by Gasteiger charge is 2.41. The van der Waals surface area contributed by atoms with Gasteiger partial charge in [0, 0.05) is 5.92 Å². The van der Waals surface area contributed by atoms with Gasteiger partial charge in [0.25, 0.3) is 0 Å². The Morgan fingerprint density at radius 1 is 1.20 bits per heavy atom. The van der Waals surface area contributed by atoms with E-state index >= 15 is 0 Å². The molecule has 2 saturated carbocycles. The normalized spacial score (nSPS) is 25.1. The lowest BCUT2D eigenvalue weighted by Crippen LogP contribution is -2.26. The van der Waals surface area contributed by atoms with Gasteiger partial charge in [0.2, 0.25) is 0 Å². The van der Waals surface area contributed by atoms with Gasteiger partial charge in [-0.05, 0) is 58.3 Å². The van der Waals surface area contributed by atoms with Crippen molar-refractivity contribution in [3.05, 3.63) is 0 Å². The second-order valence-corrected chi connectivity index (χ2v) is 7.80. The van der Waals surface area contributed by atoms with Crippen molar-refractivity contribution in [2.24, 2.45) is 22.2 Å². The lowest BCUT2D eigenvalue weighted by molar-refractivity contribution is 0.540. The minimum atomic E-state index is -1.07. The monoisotopic (exact) mass is 227 g/mol. The Hall–Kier alpha value is -0.0200. The van der Waals surface area contributed by atoms with Gasteiger partial charge in [-0.3, -0.25) is 0 Å². The first kappa shape index (κ1) is 11.5. The summed E-state index contributed by atoms with van der Waals surface area (Å²) in [6.07, 6.45) is 7.44. The molecule has 0 amide bonds. The van der Waals surface area contributed by atoms with Crippen LogP contribution in [0.2, 0.25) is 0 Å². The smallest absolute Gasteiger partial charge is 0.144 e. The topological polar surface area (TPSA) is 35.4 Å². The molecule has 0 aliphatic heterocycles. The fraction of sp³-hybridized carbons (Fsp3) is 0.917. The van der Waals surface area contributed by atoms with E-state index in [-0.39, 0.29) is 4.75 Å². The fourth-order valence-corrected chi connectivity index (χ4v) is 2.44. The van der Waals surface area contributed by atoms with E-state index in [0.29, 0.717) is 5.92 Å². The zero-order chi connectivity index (χ0) is 11.1. The first-order valence-electron chi connectivity index (χ1n) is 5.94. The van der Waals surface area contributed by atoms with Crippen LogP contribution in [0.5, 0.6) is 0 Å². The van der Waals surface area contributed by atoms with Crippen molar-refractivity contribution in [1.29, 1.82) is 0 Å². The quantitative estimate of drug-likeness (QED) is 0.537. The summed E-state index contributed by atoms with van der Waals surface area (Å²) in [7, 11) is 0. The van der Waals surface area contributed by atoms with E-state index in [1.165, 1.54) is 25.7 Å². The van der Waals surface area contributed by atoms with Crippen molar-refractivity contribution in [2.45, 2.75) is 51.2 Å². The molecule has 0 bridgehead atoms. The molecular formula is C12H21NOS. The van der Waals surface area contributed by atoms with Crippen LogP contribution in [0.25, 0.3) is 0 Å². The molecule has 2 nitrogen and oxygen atoms in total. The van der Waals surface area contributed by atoms with Crippen molar-refractivity contribution in [3.63, 3.8) is 0 Å². The summed E-state index contributed by atoms with van der Waals surface area (Å²) in [5.74, 6) is 2.35. The zero-order valence-electron chi connectivity index (χ0n) is 9.90. The molecule has 0 aromatic rings. The SMILES string of the molecule is CC(C)(C)[S+]([O-])N=CC(C1CC1)C1CC1. The molecular weight excluding hydrogens is 206 g/mol. The summed E-state index contributed by atoms with van der Waals surface area (Å²) in [5, 5.41) is 0. The molecule has 15 heavy (non-hydrogen) atoms. The largest absolute Gasteiger partial charge is 0.591 e. The molecule has 0 heterocycles. The Balaban J connectivity index is 1.90. The van der Waals surface area contributed by atoms with Gasteiger partial charge in [0.1, 0.15) is 16.1 Å². The molecule has 2 aliphatic rings. The number of rotatable bonds is 4. The van der Waals surface area contributed by atoms with Gasteiger partial charge in [0.05, 0.1) is 6.21 Å². The molecule has 0 saturated heterocycles. The molecule has 2 fully saturated rings. The Kier molecular flexibility index (Phi) is 3.13. The summed E-state index contributed by atoms with van der Waals surface area (Å²) >= 11 is -1.07. The third kappa shape index (κ3) is 3.22. The van der Waals surface area contributed by atoms with Crippen LogP contribution >= 0.6 is 0 Å². The molecule has 0 spiro atoms. The molecule has 0 N–H and O–H groups in total. The number of hydrogen-bond donors (Lipinski definition) is 0. The fourth-order valence-electron chi connectivity index (χ4n) is 1.87. The van der Waals surface area contributed by atoms with Gasteiger partial charge in [-0.15, -0.1) is 0 Å². The highest BCUT2D eigenvalue weighted by molar-refractivity contribution is 7.91. The molecule has 0 aromatic heterocycles. The van der Waals surface area contributed by atoms with E-state index in [1.54, 1.807) is 0 Å². The van der Waals surface area contributed by atoms with Gasteiger partial charge >= 0.3 is 0 Å². The van der Waals surface area contributed by atoms with E-state index in [9.17, 15) is 4.55 Å². The highest BCUT2D eigenvalue weighted by atomic mass is 32.2. The molecule has 3 heteroatoms. The second-order valence-electron chi connectivity index (χ2n) is 5.87. The van der Waals surface area contributed by atoms with E-state index in [2.05, 4.69) is 4.40 Å². The third-order valence-electron chi connectivity index (χ3n) is 3.19. The Labute approximate surface area is 95.9 Å². The van der Waals surface area contributed by atoms with E-state index in [4.69, 9.17) is 0 Å². The maximum atomic E-state index is 11.8. The van der Waals surface area contributed by atoms with Crippen molar-refractivity contribution in [1.82, 2.24) is 0 Å². The first-order valence-corrected chi connectivity index (χ1v) is 7.05. The first-order chi connectivity index (χ1) is 6.98. The number of hydrogen-bond acceptors (Lipinski definition) is 2. The van der Waals surface area contributed by atoms with Crippen molar-refractivity contribution < 1.29 is 4.55 Å². The van der Waals surface area contributed by atoms with Crippen molar-refractivity contribution >= 4 is 17.6 Å². The summed E-state index contributed by atoms with van der Waals surface area (Å²) in [6.45, 7) is 5.93. The number of nitrogens with zero attached hydrogens (tertiary/aromatic N) is 1. The minimum absolute atomic E-state index is 0.214. The predicted molar refractivity (Wildman–Crippen MR) is 65.3 cm³/mol. The molecule has 2 aliphatic carbocycles. The summed E-state index contributed by atoms with van der Waals surface area (Å²) < 4.78 is 15.8. The Bertz CT molecular complexity index is 239.